The molecule has 0 unspecified atom stereocenters. The Labute approximate surface area is 220 Å². The molecular weight excluding hydrogens is 510 g/mol. The van der Waals surface area contributed by atoms with E-state index in [9.17, 15) is 14.9 Å². The van der Waals surface area contributed by atoms with Crippen molar-refractivity contribution >= 4 is 50.9 Å². The first-order chi connectivity index (χ1) is 17.9. The molecule has 0 aliphatic rings. The molecule has 9 nitrogen and oxygen atoms in total. The van der Waals surface area contributed by atoms with Gasteiger partial charge in [-0.25, -0.2) is 9.97 Å². The fourth-order valence-electron chi connectivity index (χ4n) is 3.78. The molecule has 5 aromatic rings. The molecule has 37 heavy (non-hydrogen) atoms. The fourth-order valence-corrected chi connectivity index (χ4v) is 5.33. The van der Waals surface area contributed by atoms with Crippen LogP contribution in [-0.4, -0.2) is 38.2 Å². The van der Waals surface area contributed by atoms with Gasteiger partial charge in [0.1, 0.15) is 5.75 Å². The van der Waals surface area contributed by atoms with Crippen LogP contribution in [0.4, 0.5) is 10.8 Å². The number of non-ortho nitro benzene ring substituents is 1. The summed E-state index contributed by atoms with van der Waals surface area (Å²) in [6.07, 6.45) is 0. The van der Waals surface area contributed by atoms with Crippen LogP contribution in [0.25, 0.3) is 28.0 Å². The monoisotopic (exact) mass is 531 g/mol. The summed E-state index contributed by atoms with van der Waals surface area (Å²) in [6.45, 7) is 2.03. The third kappa shape index (κ3) is 5.18. The molecule has 0 saturated heterocycles. The summed E-state index contributed by atoms with van der Waals surface area (Å²) in [5.41, 5.74) is 4.72. The van der Waals surface area contributed by atoms with Crippen molar-refractivity contribution in [3.05, 3.63) is 87.8 Å². The molecule has 0 atom stereocenters. The summed E-state index contributed by atoms with van der Waals surface area (Å²) in [6, 6.07) is 20.0. The van der Waals surface area contributed by atoms with E-state index in [-0.39, 0.29) is 17.3 Å². The van der Waals surface area contributed by atoms with Crippen molar-refractivity contribution in [1.82, 2.24) is 14.5 Å². The molecule has 0 saturated carbocycles. The van der Waals surface area contributed by atoms with E-state index in [1.807, 2.05) is 65.4 Å². The lowest BCUT2D eigenvalue weighted by atomic mass is 10.1. The Kier molecular flexibility index (Phi) is 6.89. The number of carbonyl (C=O) groups is 1. The summed E-state index contributed by atoms with van der Waals surface area (Å²) < 4.78 is 7.37. The van der Waals surface area contributed by atoms with Crippen LogP contribution in [0, 0.1) is 17.0 Å². The number of aromatic nitrogens is 3. The van der Waals surface area contributed by atoms with E-state index in [2.05, 4.69) is 15.3 Å². The second-order valence-electron chi connectivity index (χ2n) is 8.07. The molecule has 3 aromatic carbocycles. The molecule has 5 rings (SSSR count). The second-order valence-corrected chi connectivity index (χ2v) is 9.87. The maximum atomic E-state index is 12.8. The highest BCUT2D eigenvalue weighted by molar-refractivity contribution is 7.99. The Hall–Kier alpha value is -4.22. The number of methoxy groups -OCH3 is 1. The van der Waals surface area contributed by atoms with E-state index in [1.54, 1.807) is 13.2 Å². The number of fused-ring (bicyclic) bond motifs is 1. The van der Waals surface area contributed by atoms with Crippen LogP contribution >= 0.6 is 23.1 Å². The van der Waals surface area contributed by atoms with Crippen LogP contribution in [0.1, 0.15) is 5.56 Å². The number of rotatable bonds is 8. The number of imidazole rings is 1. The zero-order valence-electron chi connectivity index (χ0n) is 19.9. The van der Waals surface area contributed by atoms with E-state index >= 15 is 0 Å². The molecule has 0 aliphatic carbocycles. The van der Waals surface area contributed by atoms with Crippen molar-refractivity contribution < 1.29 is 14.5 Å². The summed E-state index contributed by atoms with van der Waals surface area (Å²) in [5.74, 6) is 0.442. The van der Waals surface area contributed by atoms with E-state index in [1.165, 1.54) is 40.8 Å². The number of aryl methyl sites for hydroxylation is 1. The van der Waals surface area contributed by atoms with Gasteiger partial charge in [-0.3, -0.25) is 19.5 Å². The van der Waals surface area contributed by atoms with Crippen molar-refractivity contribution in [2.45, 2.75) is 12.1 Å². The van der Waals surface area contributed by atoms with Gasteiger partial charge in [0.15, 0.2) is 10.3 Å². The Morgan fingerprint density at radius 2 is 1.92 bits per heavy atom. The van der Waals surface area contributed by atoms with Crippen LogP contribution in [0.15, 0.2) is 77.3 Å². The van der Waals surface area contributed by atoms with Crippen molar-refractivity contribution in [1.29, 1.82) is 0 Å². The van der Waals surface area contributed by atoms with Gasteiger partial charge in [0.25, 0.3) is 5.69 Å². The average Bonchev–Trinajstić information content (AvgIpc) is 3.51. The van der Waals surface area contributed by atoms with E-state index in [4.69, 9.17) is 4.74 Å². The fraction of sp³-hybridized carbons (Fsp3) is 0.115. The summed E-state index contributed by atoms with van der Waals surface area (Å²) >= 11 is 2.58. The Bertz CT molecular complexity index is 1610. The van der Waals surface area contributed by atoms with Crippen LogP contribution in [0.3, 0.4) is 0 Å². The number of thiazole rings is 1. The molecule has 2 aromatic heterocycles. The standard InChI is InChI=1S/C26H21N5O4S2/c1-16-7-9-17(10-8-16)20-14-36-25(27-20)29-24(32)15-37-26-28-19-13-18(31(33)34)11-12-21(19)30(26)22-5-3-4-6-23(22)35-2/h3-14H,15H2,1-2H3,(H,27,29,32). The number of thioether (sulfide) groups is 1. The van der Waals surface area contributed by atoms with Crippen LogP contribution in [-0.2, 0) is 4.79 Å². The lowest BCUT2D eigenvalue weighted by Gasteiger charge is -2.12. The van der Waals surface area contributed by atoms with Gasteiger partial charge in [0.2, 0.25) is 5.91 Å². The molecule has 0 radical (unpaired) electrons. The zero-order valence-corrected chi connectivity index (χ0v) is 21.5. The quantitative estimate of drug-likeness (QED) is 0.146. The number of hydrogen-bond acceptors (Lipinski definition) is 8. The largest absolute Gasteiger partial charge is 0.495 e. The molecule has 0 aliphatic heterocycles. The molecule has 1 N–H and O–H groups in total. The minimum absolute atomic E-state index is 0.0559. The van der Waals surface area contributed by atoms with E-state index in [0.717, 1.165) is 11.3 Å². The summed E-state index contributed by atoms with van der Waals surface area (Å²) in [7, 11) is 1.57. The SMILES string of the molecule is COc1ccccc1-n1c(SCC(=O)Nc2nc(-c3ccc(C)cc3)cs2)nc2cc([N+](=O)[O-])ccc21. The highest BCUT2D eigenvalue weighted by atomic mass is 32.2. The van der Waals surface area contributed by atoms with Crippen molar-refractivity contribution in [3.63, 3.8) is 0 Å². The van der Waals surface area contributed by atoms with Crippen LogP contribution < -0.4 is 10.1 Å². The Morgan fingerprint density at radius 1 is 1.14 bits per heavy atom. The van der Waals surface area contributed by atoms with Crippen LogP contribution in [0.5, 0.6) is 5.75 Å². The van der Waals surface area contributed by atoms with Gasteiger partial charge in [0.05, 0.1) is 40.2 Å². The maximum Gasteiger partial charge on any atom is 0.271 e. The molecule has 0 fully saturated rings. The minimum atomic E-state index is -0.458. The number of benzene rings is 3. The number of ether oxygens (including phenoxy) is 1. The number of nitro benzene ring substituents is 1. The molecule has 2 heterocycles. The average molecular weight is 532 g/mol. The van der Waals surface area contributed by atoms with Gasteiger partial charge in [-0.05, 0) is 25.1 Å². The van der Waals surface area contributed by atoms with Gasteiger partial charge in [-0.1, -0.05) is 53.7 Å². The molecular formula is C26H21N5O4S2. The number of nitrogens with one attached hydrogen (secondary N) is 1. The zero-order chi connectivity index (χ0) is 25.9. The van der Waals surface area contributed by atoms with Crippen molar-refractivity contribution in [3.8, 4) is 22.7 Å². The normalized spacial score (nSPS) is 11.0. The highest BCUT2D eigenvalue weighted by Gasteiger charge is 2.20. The van der Waals surface area contributed by atoms with E-state index in [0.29, 0.717) is 32.8 Å². The molecule has 0 spiro atoms. The first kappa shape index (κ1) is 24.5. The van der Waals surface area contributed by atoms with Gasteiger partial charge < -0.3 is 10.1 Å². The van der Waals surface area contributed by atoms with Crippen molar-refractivity contribution in [2.24, 2.45) is 0 Å². The Balaban J connectivity index is 1.39. The number of nitrogens with zero attached hydrogens (tertiary/aromatic N) is 4. The number of para-hydroxylation sites is 2. The summed E-state index contributed by atoms with van der Waals surface area (Å²) in [4.78, 5) is 32.8. The highest BCUT2D eigenvalue weighted by Crippen LogP contribution is 2.34. The number of carbonyl (C=O) groups excluding carboxylic acids is 1. The molecule has 11 heteroatoms. The topological polar surface area (TPSA) is 112 Å². The first-order valence-electron chi connectivity index (χ1n) is 11.2. The van der Waals surface area contributed by atoms with E-state index < -0.39 is 4.92 Å². The van der Waals surface area contributed by atoms with Gasteiger partial charge in [-0.2, -0.15) is 0 Å². The van der Waals surface area contributed by atoms with Crippen LogP contribution in [0.2, 0.25) is 0 Å². The number of nitro groups is 1. The number of hydrogen-bond donors (Lipinski definition) is 1. The van der Waals surface area contributed by atoms with Gasteiger partial charge in [0, 0.05) is 23.1 Å². The predicted octanol–water partition coefficient (Wildman–Crippen LogP) is 6.11. The number of anilines is 1. The third-order valence-electron chi connectivity index (χ3n) is 5.57. The van der Waals surface area contributed by atoms with Crippen molar-refractivity contribution in [2.75, 3.05) is 18.2 Å². The minimum Gasteiger partial charge on any atom is -0.495 e. The molecule has 1 amide bonds. The van der Waals surface area contributed by atoms with Gasteiger partial charge in [-0.15, -0.1) is 11.3 Å². The lowest BCUT2D eigenvalue weighted by Crippen LogP contribution is -2.14. The van der Waals surface area contributed by atoms with Gasteiger partial charge >= 0.3 is 0 Å². The maximum absolute atomic E-state index is 12.8. The smallest absolute Gasteiger partial charge is 0.271 e. The second kappa shape index (κ2) is 10.4. The first-order valence-corrected chi connectivity index (χ1v) is 13.0. The summed E-state index contributed by atoms with van der Waals surface area (Å²) in [5, 5.41) is 17.1. The molecule has 186 valence electrons. The third-order valence-corrected chi connectivity index (χ3v) is 7.27. The lowest BCUT2D eigenvalue weighted by molar-refractivity contribution is -0.384. The molecule has 0 bridgehead atoms. The predicted molar refractivity (Wildman–Crippen MR) is 146 cm³/mol. The number of amides is 1. The Morgan fingerprint density at radius 3 is 2.68 bits per heavy atom.